The summed E-state index contributed by atoms with van der Waals surface area (Å²) in [7, 11) is 0. The first-order valence-electron chi connectivity index (χ1n) is 5.77. The van der Waals surface area contributed by atoms with Crippen LogP contribution in [0.2, 0.25) is 5.02 Å². The highest BCUT2D eigenvalue weighted by Crippen LogP contribution is 2.33. The lowest BCUT2D eigenvalue weighted by atomic mass is 10.1. The number of rotatable bonds is 3. The number of allylic oxidation sites excluding steroid dienone is 1. The van der Waals surface area contributed by atoms with Crippen molar-refractivity contribution in [1.29, 1.82) is 10.5 Å². The normalized spacial score (nSPS) is 9.35. The van der Waals surface area contributed by atoms with E-state index in [1.807, 2.05) is 60.7 Å². The second kappa shape index (κ2) is 6.82. The van der Waals surface area contributed by atoms with Crippen LogP contribution in [-0.4, -0.2) is 0 Å². The van der Waals surface area contributed by atoms with Crippen LogP contribution in [0.25, 0.3) is 6.08 Å². The van der Waals surface area contributed by atoms with Gasteiger partial charge in [0.2, 0.25) is 0 Å². The third-order valence-corrected chi connectivity index (χ3v) is 4.02. The summed E-state index contributed by atoms with van der Waals surface area (Å²) in [6.45, 7) is 0. The Hall–Kier alpha value is -2.20. The first-order valence-corrected chi connectivity index (χ1v) is 6.96. The highest BCUT2D eigenvalue weighted by atomic mass is 35.5. The highest BCUT2D eigenvalue weighted by molar-refractivity contribution is 7.99. The summed E-state index contributed by atoms with van der Waals surface area (Å²) in [6.07, 6.45) is 1.56. The third kappa shape index (κ3) is 3.65. The summed E-state index contributed by atoms with van der Waals surface area (Å²) in [6, 6.07) is 18.9. The van der Waals surface area contributed by atoms with E-state index in [4.69, 9.17) is 22.1 Å². The van der Waals surface area contributed by atoms with E-state index in [-0.39, 0.29) is 5.57 Å². The SMILES string of the molecule is N#CC(C#N)=Cc1ccc(Sc2ccccc2Cl)cc1. The molecule has 0 saturated carbocycles. The molecule has 2 aromatic rings. The second-order valence-corrected chi connectivity index (χ2v) is 5.41. The van der Waals surface area contributed by atoms with Crippen LogP contribution in [0.1, 0.15) is 5.56 Å². The average molecular weight is 297 g/mol. The van der Waals surface area contributed by atoms with Crippen molar-refractivity contribution in [3.8, 4) is 12.1 Å². The van der Waals surface area contributed by atoms with E-state index in [2.05, 4.69) is 0 Å². The van der Waals surface area contributed by atoms with Gasteiger partial charge < -0.3 is 0 Å². The van der Waals surface area contributed by atoms with Gasteiger partial charge in [0.05, 0.1) is 5.02 Å². The summed E-state index contributed by atoms with van der Waals surface area (Å²) in [5.41, 5.74) is 0.920. The van der Waals surface area contributed by atoms with Crippen LogP contribution in [0.4, 0.5) is 0 Å². The zero-order valence-electron chi connectivity index (χ0n) is 10.4. The zero-order chi connectivity index (χ0) is 14.4. The number of hydrogen-bond donors (Lipinski definition) is 0. The van der Waals surface area contributed by atoms with Gasteiger partial charge >= 0.3 is 0 Å². The van der Waals surface area contributed by atoms with E-state index in [9.17, 15) is 0 Å². The monoisotopic (exact) mass is 296 g/mol. The summed E-state index contributed by atoms with van der Waals surface area (Å²) in [5, 5.41) is 18.1. The Morgan fingerprint density at radius 3 is 2.25 bits per heavy atom. The Balaban J connectivity index is 2.18. The second-order valence-electron chi connectivity index (χ2n) is 3.88. The van der Waals surface area contributed by atoms with E-state index < -0.39 is 0 Å². The Morgan fingerprint density at radius 1 is 1.00 bits per heavy atom. The molecule has 0 N–H and O–H groups in total. The standard InChI is InChI=1S/C16H9ClN2S/c17-15-3-1-2-4-16(15)20-14-7-5-12(6-8-14)9-13(10-18)11-19/h1-9H. The molecule has 4 heteroatoms. The molecule has 0 saturated heterocycles. The Bertz CT molecular complexity index is 705. The van der Waals surface area contributed by atoms with Gasteiger partial charge in [0.1, 0.15) is 17.7 Å². The van der Waals surface area contributed by atoms with Crippen molar-refractivity contribution >= 4 is 29.4 Å². The van der Waals surface area contributed by atoms with Gasteiger partial charge in [-0.15, -0.1) is 0 Å². The minimum atomic E-state index is 0.0940. The Morgan fingerprint density at radius 2 is 1.65 bits per heavy atom. The van der Waals surface area contributed by atoms with Crippen molar-refractivity contribution < 1.29 is 0 Å². The molecule has 2 rings (SSSR count). The maximum Gasteiger partial charge on any atom is 0.130 e. The minimum Gasteiger partial charge on any atom is -0.192 e. The first kappa shape index (κ1) is 14.2. The maximum atomic E-state index is 8.71. The molecule has 2 aromatic carbocycles. The molecule has 2 nitrogen and oxygen atoms in total. The molecule has 0 aliphatic heterocycles. The van der Waals surface area contributed by atoms with E-state index in [1.165, 1.54) is 0 Å². The van der Waals surface area contributed by atoms with Crippen LogP contribution in [0.15, 0.2) is 63.9 Å². The minimum absolute atomic E-state index is 0.0940. The Kier molecular flexibility index (Phi) is 4.85. The predicted octanol–water partition coefficient (Wildman–Crippen LogP) is 4.92. The molecular weight excluding hydrogens is 288 g/mol. The fourth-order valence-electron chi connectivity index (χ4n) is 1.54. The fourth-order valence-corrected chi connectivity index (χ4v) is 2.63. The molecule has 96 valence electrons. The third-order valence-electron chi connectivity index (χ3n) is 2.50. The van der Waals surface area contributed by atoms with Crippen LogP contribution in [-0.2, 0) is 0 Å². The van der Waals surface area contributed by atoms with Gasteiger partial charge in [-0.2, -0.15) is 10.5 Å². The molecule has 0 atom stereocenters. The number of nitriles is 2. The van der Waals surface area contributed by atoms with E-state index in [0.717, 1.165) is 20.4 Å². The number of halogens is 1. The predicted molar refractivity (Wildman–Crippen MR) is 81.2 cm³/mol. The molecular formula is C16H9ClN2S. The van der Waals surface area contributed by atoms with Crippen molar-refractivity contribution in [2.45, 2.75) is 9.79 Å². The summed E-state index contributed by atoms with van der Waals surface area (Å²) in [4.78, 5) is 2.04. The van der Waals surface area contributed by atoms with Crippen molar-refractivity contribution in [2.75, 3.05) is 0 Å². The van der Waals surface area contributed by atoms with E-state index >= 15 is 0 Å². The van der Waals surface area contributed by atoms with Crippen LogP contribution in [0.5, 0.6) is 0 Å². The van der Waals surface area contributed by atoms with Gasteiger partial charge in [-0.05, 0) is 35.9 Å². The molecule has 0 fully saturated rings. The molecule has 0 aliphatic carbocycles. The summed E-state index contributed by atoms with van der Waals surface area (Å²) < 4.78 is 0. The molecule has 0 bridgehead atoms. The lowest BCUT2D eigenvalue weighted by Gasteiger charge is -2.04. The van der Waals surface area contributed by atoms with Gasteiger partial charge in [0.25, 0.3) is 0 Å². The molecule has 0 heterocycles. The van der Waals surface area contributed by atoms with Crippen molar-refractivity contribution in [2.24, 2.45) is 0 Å². The van der Waals surface area contributed by atoms with Crippen molar-refractivity contribution in [3.63, 3.8) is 0 Å². The smallest absolute Gasteiger partial charge is 0.130 e. The summed E-state index contributed by atoms with van der Waals surface area (Å²) >= 11 is 7.68. The number of hydrogen-bond acceptors (Lipinski definition) is 3. The Labute approximate surface area is 126 Å². The van der Waals surface area contributed by atoms with Crippen LogP contribution >= 0.6 is 23.4 Å². The van der Waals surface area contributed by atoms with E-state index in [0.29, 0.717) is 0 Å². The average Bonchev–Trinajstić information content (AvgIpc) is 2.49. The van der Waals surface area contributed by atoms with Gasteiger partial charge in [0, 0.05) is 9.79 Å². The molecule has 20 heavy (non-hydrogen) atoms. The van der Waals surface area contributed by atoms with Crippen LogP contribution in [0.3, 0.4) is 0 Å². The maximum absolute atomic E-state index is 8.71. The molecule has 0 aliphatic rings. The number of benzene rings is 2. The highest BCUT2D eigenvalue weighted by Gasteiger charge is 2.02. The number of nitrogens with zero attached hydrogens (tertiary/aromatic N) is 2. The van der Waals surface area contributed by atoms with Gasteiger partial charge in [0.15, 0.2) is 0 Å². The quantitative estimate of drug-likeness (QED) is 0.755. The van der Waals surface area contributed by atoms with Gasteiger partial charge in [-0.25, -0.2) is 0 Å². The summed E-state index contributed by atoms with van der Waals surface area (Å²) in [5.74, 6) is 0. The molecule has 0 radical (unpaired) electrons. The lowest BCUT2D eigenvalue weighted by molar-refractivity contribution is 1.40. The topological polar surface area (TPSA) is 47.6 Å². The first-order chi connectivity index (χ1) is 9.72. The van der Waals surface area contributed by atoms with E-state index in [1.54, 1.807) is 17.8 Å². The van der Waals surface area contributed by atoms with Gasteiger partial charge in [-0.1, -0.05) is 47.6 Å². The van der Waals surface area contributed by atoms with Crippen LogP contribution in [0, 0.1) is 22.7 Å². The lowest BCUT2D eigenvalue weighted by Crippen LogP contribution is -1.78. The molecule has 0 spiro atoms. The van der Waals surface area contributed by atoms with Gasteiger partial charge in [-0.3, -0.25) is 0 Å². The molecule has 0 aromatic heterocycles. The largest absolute Gasteiger partial charge is 0.192 e. The van der Waals surface area contributed by atoms with Crippen molar-refractivity contribution in [1.82, 2.24) is 0 Å². The molecule has 0 amide bonds. The van der Waals surface area contributed by atoms with Crippen molar-refractivity contribution in [3.05, 3.63) is 64.7 Å². The van der Waals surface area contributed by atoms with Crippen LogP contribution < -0.4 is 0 Å². The fraction of sp³-hybridized carbons (Fsp3) is 0. The zero-order valence-corrected chi connectivity index (χ0v) is 11.9. The molecule has 0 unspecified atom stereocenters.